The van der Waals surface area contributed by atoms with Crippen molar-refractivity contribution in [1.29, 1.82) is 0 Å². The van der Waals surface area contributed by atoms with Crippen LogP contribution in [0.1, 0.15) is 11.3 Å². The Balaban J connectivity index is 2.06. The lowest BCUT2D eigenvalue weighted by Gasteiger charge is -2.20. The molecule has 2 heterocycles. The van der Waals surface area contributed by atoms with E-state index in [-0.39, 0.29) is 5.56 Å². The first-order valence-electron chi connectivity index (χ1n) is 5.58. The molecule has 0 spiro atoms. The van der Waals surface area contributed by atoms with E-state index in [0.29, 0.717) is 27.8 Å². The molecule has 0 saturated heterocycles. The van der Waals surface area contributed by atoms with Crippen LogP contribution in [0.25, 0.3) is 0 Å². The number of H-pyrrole nitrogens is 1. The fourth-order valence-electron chi connectivity index (χ4n) is 1.96. The van der Waals surface area contributed by atoms with Gasteiger partial charge in [0.1, 0.15) is 5.22 Å². The summed E-state index contributed by atoms with van der Waals surface area (Å²) < 4.78 is 0. The summed E-state index contributed by atoms with van der Waals surface area (Å²) in [5.74, 6) is 0. The Kier molecular flexibility index (Phi) is 2.56. The van der Waals surface area contributed by atoms with Crippen molar-refractivity contribution in [1.82, 2.24) is 9.89 Å². The average molecular weight is 280 g/mol. The molecular formula is C11H10ClN5O2. The van der Waals surface area contributed by atoms with Crippen LogP contribution < -0.4 is 10.7 Å². The first-order valence-corrected chi connectivity index (χ1v) is 5.96. The highest BCUT2D eigenvalue weighted by molar-refractivity contribution is 6.30. The maximum atomic E-state index is 11.9. The third-order valence-electron chi connectivity index (χ3n) is 2.81. The Morgan fingerprint density at radius 3 is 2.95 bits per heavy atom. The van der Waals surface area contributed by atoms with Gasteiger partial charge in [0.15, 0.2) is 12.2 Å². The molecule has 1 aromatic heterocycles. The monoisotopic (exact) mass is 279 g/mol. The van der Waals surface area contributed by atoms with Gasteiger partial charge in [-0.3, -0.25) is 9.89 Å². The van der Waals surface area contributed by atoms with Crippen molar-refractivity contribution < 1.29 is 4.86 Å². The van der Waals surface area contributed by atoms with Gasteiger partial charge in [-0.25, -0.2) is 0 Å². The topological polar surface area (TPSA) is 79.5 Å². The molecule has 8 heteroatoms. The van der Waals surface area contributed by atoms with Crippen molar-refractivity contribution in [3.63, 3.8) is 0 Å². The second-order valence-electron chi connectivity index (χ2n) is 4.26. The molecule has 0 atom stereocenters. The zero-order valence-corrected chi connectivity index (χ0v) is 10.8. The van der Waals surface area contributed by atoms with Gasteiger partial charge in [0.25, 0.3) is 0 Å². The molecule has 0 bridgehead atoms. The highest BCUT2D eigenvalue weighted by Gasteiger charge is 2.25. The molecule has 1 aliphatic rings. The van der Waals surface area contributed by atoms with E-state index in [1.165, 1.54) is 16.0 Å². The van der Waals surface area contributed by atoms with Crippen LogP contribution in [0.15, 0.2) is 34.3 Å². The Labute approximate surface area is 112 Å². The number of aromatic amines is 1. The van der Waals surface area contributed by atoms with E-state index in [2.05, 4.69) is 10.3 Å². The van der Waals surface area contributed by atoms with Crippen LogP contribution in [-0.2, 0) is 6.54 Å². The molecule has 0 fully saturated rings. The van der Waals surface area contributed by atoms with Crippen LogP contribution in [-0.4, -0.2) is 14.8 Å². The normalized spacial score (nSPS) is 14.2. The molecule has 0 radical (unpaired) electrons. The van der Waals surface area contributed by atoms with Crippen LogP contribution in [0, 0.1) is 12.1 Å². The van der Waals surface area contributed by atoms with Gasteiger partial charge < -0.3 is 5.21 Å². The summed E-state index contributed by atoms with van der Waals surface area (Å²) in [6.45, 7) is 2.07. The first kappa shape index (κ1) is 11.8. The number of rotatable bonds is 1. The van der Waals surface area contributed by atoms with Crippen LogP contribution in [0.2, 0.25) is 5.02 Å². The third-order valence-corrected chi connectivity index (χ3v) is 3.05. The van der Waals surface area contributed by atoms with Gasteiger partial charge in [-0.05, 0) is 24.2 Å². The van der Waals surface area contributed by atoms with Gasteiger partial charge in [-0.2, -0.15) is 0 Å². The van der Waals surface area contributed by atoms with Gasteiger partial charge >= 0.3 is 5.56 Å². The van der Waals surface area contributed by atoms with Crippen LogP contribution in [0.3, 0.4) is 0 Å². The number of hydrogen-bond acceptors (Lipinski definition) is 4. The molecule has 0 unspecified atom stereocenters. The van der Waals surface area contributed by atoms with E-state index in [1.807, 2.05) is 0 Å². The molecule has 0 amide bonds. The van der Waals surface area contributed by atoms with Gasteiger partial charge in [0, 0.05) is 28.4 Å². The predicted octanol–water partition coefficient (Wildman–Crippen LogP) is 1.80. The Morgan fingerprint density at radius 1 is 1.47 bits per heavy atom. The SMILES string of the molecule is Cc1cc(=O)n(N2Cc3ccc(Cl)cc3[N+]([O-])=N2)[nH]1. The molecular weight excluding hydrogens is 270 g/mol. The molecule has 98 valence electrons. The summed E-state index contributed by atoms with van der Waals surface area (Å²) in [6, 6.07) is 6.42. The maximum absolute atomic E-state index is 11.9. The highest BCUT2D eigenvalue weighted by atomic mass is 35.5. The number of aromatic nitrogens is 2. The predicted molar refractivity (Wildman–Crippen MR) is 68.9 cm³/mol. The lowest BCUT2D eigenvalue weighted by Crippen LogP contribution is -2.39. The quantitative estimate of drug-likeness (QED) is 0.638. The van der Waals surface area contributed by atoms with Crippen molar-refractivity contribution >= 4 is 17.3 Å². The lowest BCUT2D eigenvalue weighted by atomic mass is 10.2. The maximum Gasteiger partial charge on any atom is 0.308 e. The molecule has 19 heavy (non-hydrogen) atoms. The summed E-state index contributed by atoms with van der Waals surface area (Å²) in [7, 11) is 0. The van der Waals surface area contributed by atoms with Gasteiger partial charge in [0.05, 0.1) is 0 Å². The lowest BCUT2D eigenvalue weighted by molar-refractivity contribution is -0.450. The number of aryl methyl sites for hydroxylation is 1. The molecule has 3 rings (SSSR count). The van der Waals surface area contributed by atoms with E-state index in [9.17, 15) is 10.0 Å². The average Bonchev–Trinajstić information content (AvgIpc) is 2.69. The molecule has 7 nitrogen and oxygen atoms in total. The number of nitrogens with one attached hydrogen (secondary N) is 1. The van der Waals surface area contributed by atoms with Crippen LogP contribution in [0.5, 0.6) is 0 Å². The highest BCUT2D eigenvalue weighted by Crippen LogP contribution is 2.27. The Hall–Kier alpha value is -2.28. The first-order chi connectivity index (χ1) is 9.04. The van der Waals surface area contributed by atoms with Crippen molar-refractivity contribution in [3.8, 4) is 0 Å². The molecule has 2 aromatic rings. The van der Waals surface area contributed by atoms with Crippen molar-refractivity contribution in [2.24, 2.45) is 5.22 Å². The zero-order valence-electron chi connectivity index (χ0n) is 10.00. The summed E-state index contributed by atoms with van der Waals surface area (Å²) in [4.78, 5) is 13.3. The van der Waals surface area contributed by atoms with E-state index >= 15 is 0 Å². The second-order valence-corrected chi connectivity index (χ2v) is 4.69. The van der Waals surface area contributed by atoms with E-state index in [4.69, 9.17) is 11.6 Å². The van der Waals surface area contributed by atoms with E-state index < -0.39 is 0 Å². The Morgan fingerprint density at radius 2 is 2.26 bits per heavy atom. The minimum absolute atomic E-state index is 0.271. The number of fused-ring (bicyclic) bond motifs is 1. The smallest absolute Gasteiger partial charge is 0.308 e. The Bertz CT molecular complexity index is 733. The third kappa shape index (κ3) is 1.97. The van der Waals surface area contributed by atoms with Crippen molar-refractivity contribution in [2.45, 2.75) is 13.5 Å². The summed E-state index contributed by atoms with van der Waals surface area (Å²) in [5.41, 5.74) is 1.56. The zero-order chi connectivity index (χ0) is 13.6. The summed E-state index contributed by atoms with van der Waals surface area (Å²) in [5, 5.41) is 20.2. The van der Waals surface area contributed by atoms with E-state index in [1.54, 1.807) is 25.1 Å². The molecule has 1 N–H and O–H groups in total. The van der Waals surface area contributed by atoms with Crippen molar-refractivity contribution in [2.75, 3.05) is 5.12 Å². The van der Waals surface area contributed by atoms with Crippen molar-refractivity contribution in [3.05, 3.63) is 56.1 Å². The fourth-order valence-corrected chi connectivity index (χ4v) is 2.12. The summed E-state index contributed by atoms with van der Waals surface area (Å²) in [6.07, 6.45) is 0. The molecule has 0 saturated carbocycles. The minimum Gasteiger partial charge on any atom is -0.691 e. The second kappa shape index (κ2) is 4.13. The van der Waals surface area contributed by atoms with Gasteiger partial charge in [-0.1, -0.05) is 16.4 Å². The van der Waals surface area contributed by atoms with Gasteiger partial charge in [-0.15, -0.1) is 4.86 Å². The number of benzene rings is 1. The summed E-state index contributed by atoms with van der Waals surface area (Å²) >= 11 is 5.84. The number of hydrogen-bond donors (Lipinski definition) is 1. The van der Waals surface area contributed by atoms with Gasteiger partial charge in [0.2, 0.25) is 0 Å². The minimum atomic E-state index is -0.271. The largest absolute Gasteiger partial charge is 0.691 e. The fraction of sp³-hybridized carbons (Fsp3) is 0.182. The molecule has 1 aromatic carbocycles. The van der Waals surface area contributed by atoms with Crippen LogP contribution in [0.4, 0.5) is 5.69 Å². The standard InChI is InChI=1S/C11H10ClN5O2/c1-7-4-11(18)16(13-7)15-6-8-2-3-9(12)5-10(8)17(19)14-15/h2-5,13H,6H2,1H3. The molecule has 1 aliphatic heterocycles. The number of nitrogens with zero attached hydrogens (tertiary/aromatic N) is 4. The van der Waals surface area contributed by atoms with E-state index in [0.717, 1.165) is 5.56 Å². The molecule has 0 aliphatic carbocycles. The van der Waals surface area contributed by atoms with Crippen LogP contribution >= 0.6 is 11.6 Å². The number of halogens is 1.